The maximum atomic E-state index is 12.8. The molecule has 0 bridgehead atoms. The first kappa shape index (κ1) is 26.8. The summed E-state index contributed by atoms with van der Waals surface area (Å²) in [6, 6.07) is 21.0. The number of carbonyl (C=O) groups is 3. The smallest absolute Gasteiger partial charge is 0.343 e. The number of hydrogen-bond donors (Lipinski definition) is 2. The summed E-state index contributed by atoms with van der Waals surface area (Å²) in [6.07, 6.45) is 1.36. The summed E-state index contributed by atoms with van der Waals surface area (Å²) in [5.74, 6) is 0.813. The number of amides is 2. The van der Waals surface area contributed by atoms with Crippen LogP contribution in [-0.2, 0) is 0 Å². The molecule has 2 aliphatic rings. The van der Waals surface area contributed by atoms with Crippen molar-refractivity contribution in [1.82, 2.24) is 5.43 Å². The van der Waals surface area contributed by atoms with Crippen LogP contribution in [0.4, 0.5) is 5.69 Å². The van der Waals surface area contributed by atoms with Crippen LogP contribution in [0.5, 0.6) is 28.7 Å². The van der Waals surface area contributed by atoms with Gasteiger partial charge in [0, 0.05) is 26.9 Å². The second kappa shape index (κ2) is 11.6. The minimum atomic E-state index is -0.603. The van der Waals surface area contributed by atoms with E-state index in [1.807, 2.05) is 0 Å². The highest BCUT2D eigenvalue weighted by Crippen LogP contribution is 2.34. The zero-order valence-corrected chi connectivity index (χ0v) is 23.2. The third-order valence-electron chi connectivity index (χ3n) is 6.17. The Morgan fingerprint density at radius 2 is 1.40 bits per heavy atom. The van der Waals surface area contributed by atoms with Gasteiger partial charge in [0.25, 0.3) is 11.8 Å². The molecular formula is C30H20BrN3O8. The van der Waals surface area contributed by atoms with Crippen molar-refractivity contribution in [3.63, 3.8) is 0 Å². The number of carbonyl (C=O) groups excluding carboxylic acids is 3. The quantitative estimate of drug-likeness (QED) is 0.124. The molecule has 0 aromatic heterocycles. The van der Waals surface area contributed by atoms with Crippen molar-refractivity contribution in [2.45, 2.75) is 0 Å². The monoisotopic (exact) mass is 629 g/mol. The first-order chi connectivity index (χ1) is 20.4. The maximum absolute atomic E-state index is 12.8. The molecule has 4 aromatic carbocycles. The zero-order chi connectivity index (χ0) is 29.1. The molecular weight excluding hydrogens is 610 g/mol. The zero-order valence-electron chi connectivity index (χ0n) is 21.6. The molecule has 6 rings (SSSR count). The predicted octanol–water partition coefficient (Wildman–Crippen LogP) is 5.14. The van der Waals surface area contributed by atoms with Crippen molar-refractivity contribution in [2.75, 3.05) is 18.9 Å². The van der Waals surface area contributed by atoms with E-state index in [1.165, 1.54) is 12.3 Å². The molecule has 0 unspecified atom stereocenters. The van der Waals surface area contributed by atoms with Crippen LogP contribution in [-0.4, -0.2) is 37.6 Å². The number of ether oxygens (including phenoxy) is 5. The van der Waals surface area contributed by atoms with Gasteiger partial charge in [-0.1, -0.05) is 22.0 Å². The van der Waals surface area contributed by atoms with E-state index in [1.54, 1.807) is 72.8 Å². The standard InChI is InChI=1S/C30H20BrN3O8/c31-21-6-9-23(42-30(37)19-5-8-25-27(13-19)41-16-39-25)20(10-21)14-32-34-29(36)17-2-1-3-22(11-17)33-28(35)18-4-7-24-26(12-18)40-15-38-24/h1-14H,15-16H2,(H,33,35)(H,34,36). The van der Waals surface area contributed by atoms with Crippen molar-refractivity contribution in [2.24, 2.45) is 5.10 Å². The third-order valence-corrected chi connectivity index (χ3v) is 6.66. The van der Waals surface area contributed by atoms with Gasteiger partial charge in [-0.25, -0.2) is 10.2 Å². The summed E-state index contributed by atoms with van der Waals surface area (Å²) >= 11 is 3.39. The lowest BCUT2D eigenvalue weighted by Crippen LogP contribution is -2.18. The number of esters is 1. The highest BCUT2D eigenvalue weighted by Gasteiger charge is 2.19. The molecule has 0 radical (unpaired) electrons. The van der Waals surface area contributed by atoms with Crippen LogP contribution in [0.1, 0.15) is 36.6 Å². The Balaban J connectivity index is 1.10. The Labute approximate surface area is 247 Å². The van der Waals surface area contributed by atoms with Crippen LogP contribution in [0.2, 0.25) is 0 Å². The summed E-state index contributed by atoms with van der Waals surface area (Å²) in [5, 5.41) is 6.80. The number of halogens is 1. The van der Waals surface area contributed by atoms with Crippen LogP contribution in [0.15, 0.2) is 88.4 Å². The molecule has 42 heavy (non-hydrogen) atoms. The first-order valence-corrected chi connectivity index (χ1v) is 13.3. The van der Waals surface area contributed by atoms with Gasteiger partial charge in [0.05, 0.1) is 11.8 Å². The summed E-state index contributed by atoms with van der Waals surface area (Å²) in [7, 11) is 0. The highest BCUT2D eigenvalue weighted by atomic mass is 79.9. The third kappa shape index (κ3) is 5.88. The van der Waals surface area contributed by atoms with Gasteiger partial charge in [-0.05, 0) is 72.8 Å². The van der Waals surface area contributed by atoms with E-state index in [9.17, 15) is 14.4 Å². The molecule has 0 saturated heterocycles. The van der Waals surface area contributed by atoms with Crippen LogP contribution in [0, 0.1) is 0 Å². The highest BCUT2D eigenvalue weighted by molar-refractivity contribution is 9.10. The number of anilines is 1. The van der Waals surface area contributed by atoms with Crippen LogP contribution >= 0.6 is 15.9 Å². The maximum Gasteiger partial charge on any atom is 0.343 e. The Hall–Kier alpha value is -5.36. The van der Waals surface area contributed by atoms with E-state index < -0.39 is 11.9 Å². The largest absolute Gasteiger partial charge is 0.454 e. The van der Waals surface area contributed by atoms with Gasteiger partial charge in [-0.2, -0.15) is 5.10 Å². The summed E-state index contributed by atoms with van der Waals surface area (Å²) < 4.78 is 27.5. The minimum absolute atomic E-state index is 0.0903. The predicted molar refractivity (Wildman–Crippen MR) is 154 cm³/mol. The van der Waals surface area contributed by atoms with E-state index in [2.05, 4.69) is 31.8 Å². The number of benzene rings is 4. The van der Waals surface area contributed by atoms with Gasteiger partial charge in [-0.3, -0.25) is 9.59 Å². The number of nitrogens with one attached hydrogen (secondary N) is 2. The fraction of sp³-hybridized carbons (Fsp3) is 0.0667. The molecule has 2 aliphatic heterocycles. The Bertz CT molecular complexity index is 1760. The van der Waals surface area contributed by atoms with Gasteiger partial charge in [0.15, 0.2) is 23.0 Å². The fourth-order valence-corrected chi connectivity index (χ4v) is 4.48. The molecule has 0 atom stereocenters. The Morgan fingerprint density at radius 3 is 2.17 bits per heavy atom. The summed E-state index contributed by atoms with van der Waals surface area (Å²) in [6.45, 7) is 0.197. The summed E-state index contributed by atoms with van der Waals surface area (Å²) in [4.78, 5) is 38.3. The molecule has 0 fully saturated rings. The molecule has 0 aliphatic carbocycles. The molecule has 210 valence electrons. The van der Waals surface area contributed by atoms with Crippen molar-refractivity contribution in [1.29, 1.82) is 0 Å². The first-order valence-electron chi connectivity index (χ1n) is 12.5. The van der Waals surface area contributed by atoms with E-state index in [-0.39, 0.29) is 36.4 Å². The van der Waals surface area contributed by atoms with Gasteiger partial charge in [0.2, 0.25) is 13.6 Å². The topological polar surface area (TPSA) is 134 Å². The lowest BCUT2D eigenvalue weighted by molar-refractivity contribution is 0.0733. The van der Waals surface area contributed by atoms with Gasteiger partial charge in [-0.15, -0.1) is 0 Å². The van der Waals surface area contributed by atoms with Gasteiger partial charge >= 0.3 is 5.97 Å². The minimum Gasteiger partial charge on any atom is -0.454 e. The second-order valence-electron chi connectivity index (χ2n) is 8.94. The Kier molecular flexibility index (Phi) is 7.43. The lowest BCUT2D eigenvalue weighted by atomic mass is 10.1. The van der Waals surface area contributed by atoms with Gasteiger partial charge < -0.3 is 29.0 Å². The van der Waals surface area contributed by atoms with Crippen molar-refractivity contribution in [3.05, 3.63) is 106 Å². The van der Waals surface area contributed by atoms with Crippen molar-refractivity contribution in [3.8, 4) is 28.7 Å². The van der Waals surface area contributed by atoms with E-state index in [0.717, 1.165) is 0 Å². The average molecular weight is 630 g/mol. The summed E-state index contributed by atoms with van der Waals surface area (Å²) in [5.41, 5.74) is 4.22. The SMILES string of the molecule is O=C(NN=Cc1cc(Br)ccc1OC(=O)c1ccc2c(c1)OCO2)c1cccc(NC(=O)c2ccc3c(c2)OCO3)c1. The normalized spacial score (nSPS) is 12.7. The van der Waals surface area contributed by atoms with Crippen LogP contribution in [0.3, 0.4) is 0 Å². The Morgan fingerprint density at radius 1 is 0.738 bits per heavy atom. The van der Waals surface area contributed by atoms with Gasteiger partial charge in [0.1, 0.15) is 5.75 Å². The number of fused-ring (bicyclic) bond motifs is 2. The molecule has 2 heterocycles. The lowest BCUT2D eigenvalue weighted by Gasteiger charge is -2.09. The number of hydrazone groups is 1. The van der Waals surface area contributed by atoms with E-state index in [4.69, 9.17) is 23.7 Å². The van der Waals surface area contributed by atoms with Crippen molar-refractivity contribution >= 4 is 45.6 Å². The van der Waals surface area contributed by atoms with Crippen LogP contribution < -0.4 is 34.4 Å². The van der Waals surface area contributed by atoms with E-state index >= 15 is 0 Å². The molecule has 11 nitrogen and oxygen atoms in total. The molecule has 2 amide bonds. The second-order valence-corrected chi connectivity index (χ2v) is 9.86. The molecule has 2 N–H and O–H groups in total. The molecule has 0 saturated carbocycles. The number of nitrogens with zero attached hydrogens (tertiary/aromatic N) is 1. The molecule has 12 heteroatoms. The number of rotatable bonds is 7. The van der Waals surface area contributed by atoms with Crippen molar-refractivity contribution < 1.29 is 38.1 Å². The van der Waals surface area contributed by atoms with E-state index in [0.29, 0.717) is 44.3 Å². The van der Waals surface area contributed by atoms with Crippen LogP contribution in [0.25, 0.3) is 0 Å². The number of hydrogen-bond acceptors (Lipinski definition) is 9. The average Bonchev–Trinajstić information content (AvgIpc) is 3.67. The molecule has 0 spiro atoms. The fourth-order valence-electron chi connectivity index (χ4n) is 4.10. The molecule has 4 aromatic rings.